The van der Waals surface area contributed by atoms with Crippen molar-refractivity contribution in [3.05, 3.63) is 64.2 Å². The second-order valence-corrected chi connectivity index (χ2v) is 6.18. The molecule has 1 atom stereocenters. The maximum absolute atomic E-state index is 12.1. The fourth-order valence-corrected chi connectivity index (χ4v) is 2.59. The number of hydrogen-bond acceptors (Lipinski definition) is 1. The van der Waals surface area contributed by atoms with E-state index in [1.807, 2.05) is 19.2 Å². The summed E-state index contributed by atoms with van der Waals surface area (Å²) in [6.07, 6.45) is 0. The molecule has 3 nitrogen and oxygen atoms in total. The summed E-state index contributed by atoms with van der Waals surface area (Å²) in [6, 6.07) is 13.7. The van der Waals surface area contributed by atoms with Crippen LogP contribution in [0.3, 0.4) is 0 Å². The second-order valence-electron chi connectivity index (χ2n) is 5.77. The monoisotopic (exact) mass is 317 g/mol. The number of aryl methyl sites for hydroxylation is 2. The van der Waals surface area contributed by atoms with Crippen LogP contribution in [0.4, 0.5) is 5.69 Å². The number of carbonyl (C=O) groups excluding carboxylic acids is 1. The van der Waals surface area contributed by atoms with Gasteiger partial charge in [0.15, 0.2) is 6.54 Å². The Balaban J connectivity index is 1.94. The van der Waals surface area contributed by atoms with E-state index in [4.69, 9.17) is 11.6 Å². The molecule has 0 radical (unpaired) electrons. The van der Waals surface area contributed by atoms with E-state index in [1.54, 1.807) is 12.1 Å². The highest BCUT2D eigenvalue weighted by atomic mass is 35.5. The lowest BCUT2D eigenvalue weighted by Crippen LogP contribution is -3.08. The number of nitrogens with one attached hydrogen (secondary N) is 2. The van der Waals surface area contributed by atoms with Gasteiger partial charge in [-0.3, -0.25) is 4.79 Å². The van der Waals surface area contributed by atoms with Crippen LogP contribution in [0.15, 0.2) is 42.5 Å². The molecule has 0 heterocycles. The van der Waals surface area contributed by atoms with E-state index < -0.39 is 0 Å². The highest BCUT2D eigenvalue weighted by Crippen LogP contribution is 2.19. The zero-order valence-electron chi connectivity index (χ0n) is 13.2. The van der Waals surface area contributed by atoms with Gasteiger partial charge in [0.2, 0.25) is 0 Å². The van der Waals surface area contributed by atoms with Crippen LogP contribution in [-0.4, -0.2) is 19.5 Å². The van der Waals surface area contributed by atoms with Crippen molar-refractivity contribution in [2.24, 2.45) is 0 Å². The number of hydrogen-bond donors (Lipinski definition) is 2. The predicted octanol–water partition coefficient (Wildman–Crippen LogP) is 2.61. The van der Waals surface area contributed by atoms with Gasteiger partial charge in [-0.25, -0.2) is 0 Å². The zero-order valence-corrected chi connectivity index (χ0v) is 14.0. The fraction of sp³-hybridized carbons (Fsp3) is 0.278. The highest BCUT2D eigenvalue weighted by Gasteiger charge is 2.13. The van der Waals surface area contributed by atoms with Crippen molar-refractivity contribution in [3.63, 3.8) is 0 Å². The minimum Gasteiger partial charge on any atom is -0.326 e. The third-order valence-corrected chi connectivity index (χ3v) is 3.94. The van der Waals surface area contributed by atoms with Crippen molar-refractivity contribution in [2.45, 2.75) is 20.4 Å². The summed E-state index contributed by atoms with van der Waals surface area (Å²) in [5.74, 6) is -0.0316. The average Bonchev–Trinajstić information content (AvgIpc) is 2.45. The summed E-state index contributed by atoms with van der Waals surface area (Å²) in [4.78, 5) is 13.3. The van der Waals surface area contributed by atoms with Gasteiger partial charge < -0.3 is 10.2 Å². The molecule has 2 aromatic rings. The first-order valence-corrected chi connectivity index (χ1v) is 7.75. The molecule has 22 heavy (non-hydrogen) atoms. The van der Waals surface area contributed by atoms with E-state index in [0.29, 0.717) is 17.3 Å². The average molecular weight is 318 g/mol. The number of likely N-dealkylation sites (N-methyl/N-ethyl adjacent to an activating group) is 1. The number of benzene rings is 2. The molecule has 0 saturated heterocycles. The van der Waals surface area contributed by atoms with Gasteiger partial charge in [0.25, 0.3) is 5.91 Å². The second kappa shape index (κ2) is 7.43. The first-order chi connectivity index (χ1) is 10.5. The van der Waals surface area contributed by atoms with E-state index in [9.17, 15) is 4.79 Å². The maximum atomic E-state index is 12.1. The Morgan fingerprint density at radius 3 is 2.64 bits per heavy atom. The zero-order chi connectivity index (χ0) is 16.1. The molecule has 0 aliphatic rings. The first kappa shape index (κ1) is 16.5. The van der Waals surface area contributed by atoms with Gasteiger partial charge in [-0.15, -0.1) is 0 Å². The lowest BCUT2D eigenvalue weighted by molar-refractivity contribution is -0.885. The van der Waals surface area contributed by atoms with Crippen molar-refractivity contribution >= 4 is 23.2 Å². The number of quaternary nitrogens is 1. The molecule has 0 aliphatic heterocycles. The molecule has 0 spiro atoms. The summed E-state index contributed by atoms with van der Waals surface area (Å²) < 4.78 is 0. The van der Waals surface area contributed by atoms with Crippen LogP contribution in [0.25, 0.3) is 0 Å². The first-order valence-electron chi connectivity index (χ1n) is 7.37. The fourth-order valence-electron chi connectivity index (χ4n) is 2.41. The topological polar surface area (TPSA) is 33.5 Å². The lowest BCUT2D eigenvalue weighted by Gasteiger charge is -2.16. The number of para-hydroxylation sites is 1. The molecule has 0 aromatic heterocycles. The van der Waals surface area contributed by atoms with Crippen LogP contribution in [0.5, 0.6) is 0 Å². The molecule has 2 N–H and O–H groups in total. The SMILES string of the molecule is Cc1ccc(C)c(C[NH+](C)CC(=O)Nc2ccccc2Cl)c1. The summed E-state index contributed by atoms with van der Waals surface area (Å²) in [5.41, 5.74) is 4.45. The van der Waals surface area contributed by atoms with Crippen LogP contribution in [0.1, 0.15) is 16.7 Å². The minimum absolute atomic E-state index is 0.0316. The molecule has 0 aliphatic carbocycles. The van der Waals surface area contributed by atoms with Crippen molar-refractivity contribution < 1.29 is 9.69 Å². The molecule has 1 amide bonds. The molecule has 4 heteroatoms. The molecule has 1 unspecified atom stereocenters. The third kappa shape index (κ3) is 4.58. The van der Waals surface area contributed by atoms with Gasteiger partial charge in [-0.05, 0) is 31.5 Å². The van der Waals surface area contributed by atoms with Crippen LogP contribution in [0, 0.1) is 13.8 Å². The molecule has 2 rings (SSSR count). The van der Waals surface area contributed by atoms with E-state index in [-0.39, 0.29) is 5.91 Å². The van der Waals surface area contributed by atoms with Crippen molar-refractivity contribution in [1.82, 2.24) is 0 Å². The Hall–Kier alpha value is -1.84. The Labute approximate surface area is 136 Å². The van der Waals surface area contributed by atoms with Crippen LogP contribution >= 0.6 is 11.6 Å². The Morgan fingerprint density at radius 1 is 1.18 bits per heavy atom. The molecule has 2 aromatic carbocycles. The van der Waals surface area contributed by atoms with Gasteiger partial charge in [0.05, 0.1) is 17.8 Å². The summed E-state index contributed by atoms with van der Waals surface area (Å²) >= 11 is 6.05. The van der Waals surface area contributed by atoms with Gasteiger partial charge in [-0.1, -0.05) is 47.5 Å². The number of rotatable bonds is 5. The molecular weight excluding hydrogens is 296 g/mol. The number of halogens is 1. The van der Waals surface area contributed by atoms with Crippen LogP contribution < -0.4 is 10.2 Å². The number of carbonyl (C=O) groups is 1. The standard InChI is InChI=1S/C18H21ClN2O/c1-13-8-9-14(2)15(10-13)11-21(3)12-18(22)20-17-7-5-4-6-16(17)19/h4-10H,11-12H2,1-3H3,(H,20,22)/p+1. The number of anilines is 1. The third-order valence-electron chi connectivity index (χ3n) is 3.61. The number of amides is 1. The summed E-state index contributed by atoms with van der Waals surface area (Å²) in [7, 11) is 2.02. The van der Waals surface area contributed by atoms with Crippen molar-refractivity contribution in [1.29, 1.82) is 0 Å². The Kier molecular flexibility index (Phi) is 5.58. The van der Waals surface area contributed by atoms with Gasteiger partial charge >= 0.3 is 0 Å². The molecule has 0 fully saturated rings. The minimum atomic E-state index is -0.0316. The molecule has 0 saturated carbocycles. The molecule has 116 valence electrons. The van der Waals surface area contributed by atoms with Crippen LogP contribution in [0.2, 0.25) is 5.02 Å². The predicted molar refractivity (Wildman–Crippen MR) is 91.5 cm³/mol. The normalized spacial score (nSPS) is 12.0. The Bertz CT molecular complexity index is 670. The Morgan fingerprint density at radius 2 is 1.91 bits per heavy atom. The van der Waals surface area contributed by atoms with E-state index in [2.05, 4.69) is 37.4 Å². The van der Waals surface area contributed by atoms with E-state index >= 15 is 0 Å². The van der Waals surface area contributed by atoms with Gasteiger partial charge in [0.1, 0.15) is 6.54 Å². The van der Waals surface area contributed by atoms with Gasteiger partial charge in [-0.2, -0.15) is 0 Å². The van der Waals surface area contributed by atoms with Crippen molar-refractivity contribution in [2.75, 3.05) is 18.9 Å². The maximum Gasteiger partial charge on any atom is 0.279 e. The molecular formula is C18H22ClN2O+. The lowest BCUT2D eigenvalue weighted by atomic mass is 10.1. The summed E-state index contributed by atoms with van der Waals surface area (Å²) in [6.45, 7) is 5.41. The van der Waals surface area contributed by atoms with Gasteiger partial charge in [0, 0.05) is 5.56 Å². The quantitative estimate of drug-likeness (QED) is 0.873. The van der Waals surface area contributed by atoms with E-state index in [0.717, 1.165) is 11.4 Å². The smallest absolute Gasteiger partial charge is 0.279 e. The molecule has 0 bridgehead atoms. The van der Waals surface area contributed by atoms with Crippen LogP contribution in [-0.2, 0) is 11.3 Å². The largest absolute Gasteiger partial charge is 0.326 e. The highest BCUT2D eigenvalue weighted by molar-refractivity contribution is 6.33. The van der Waals surface area contributed by atoms with E-state index in [1.165, 1.54) is 16.7 Å². The summed E-state index contributed by atoms with van der Waals surface area (Å²) in [5, 5.41) is 3.42. The van der Waals surface area contributed by atoms with Crippen molar-refractivity contribution in [3.8, 4) is 0 Å².